The van der Waals surface area contributed by atoms with Crippen molar-refractivity contribution in [3.05, 3.63) is 59.7 Å². The normalized spacial score (nSPS) is 15.3. The molecule has 172 valence electrons. The second kappa shape index (κ2) is 9.00. The van der Waals surface area contributed by atoms with Gasteiger partial charge in [0.25, 0.3) is 12.3 Å². The second-order valence-corrected chi connectivity index (χ2v) is 7.28. The average Bonchev–Trinajstić information content (AvgIpc) is 3.02. The van der Waals surface area contributed by atoms with Crippen molar-refractivity contribution in [3.8, 4) is 22.9 Å². The van der Waals surface area contributed by atoms with E-state index in [9.17, 15) is 22.4 Å². The highest BCUT2D eigenvalue weighted by Crippen LogP contribution is 2.39. The number of hydrogen-bond acceptors (Lipinski definition) is 6. The van der Waals surface area contributed by atoms with Gasteiger partial charge in [0, 0.05) is 24.0 Å². The molecule has 3 aromatic rings. The first-order valence-corrected chi connectivity index (χ1v) is 9.87. The van der Waals surface area contributed by atoms with E-state index in [1.54, 1.807) is 26.0 Å². The average molecular weight is 462 g/mol. The summed E-state index contributed by atoms with van der Waals surface area (Å²) in [6.07, 6.45) is 1.34. The fourth-order valence-electron chi connectivity index (χ4n) is 3.69. The molecule has 33 heavy (non-hydrogen) atoms. The Kier molecular flexibility index (Phi) is 6.12. The minimum absolute atomic E-state index is 0.0314. The SMILES string of the molecule is Cc1cc(-c2cncc(OC(F)F)c2)nc2c1C(=O)N(c1ccnc(OCC(F)F)c1)C2C. The molecule has 0 saturated carbocycles. The van der Waals surface area contributed by atoms with Crippen molar-refractivity contribution in [1.29, 1.82) is 0 Å². The van der Waals surface area contributed by atoms with Crippen LogP contribution in [0, 0.1) is 6.92 Å². The molecule has 0 N–H and O–H groups in total. The van der Waals surface area contributed by atoms with Gasteiger partial charge in [-0.15, -0.1) is 0 Å². The van der Waals surface area contributed by atoms with Crippen molar-refractivity contribution in [2.45, 2.75) is 32.9 Å². The van der Waals surface area contributed by atoms with Gasteiger partial charge in [0.05, 0.1) is 34.9 Å². The first-order chi connectivity index (χ1) is 15.7. The summed E-state index contributed by atoms with van der Waals surface area (Å²) < 4.78 is 59.4. The Bertz CT molecular complexity index is 1190. The number of pyridine rings is 3. The first-order valence-electron chi connectivity index (χ1n) is 9.87. The predicted molar refractivity (Wildman–Crippen MR) is 110 cm³/mol. The lowest BCUT2D eigenvalue weighted by Crippen LogP contribution is -2.26. The fourth-order valence-corrected chi connectivity index (χ4v) is 3.69. The third-order valence-electron chi connectivity index (χ3n) is 5.05. The highest BCUT2D eigenvalue weighted by atomic mass is 19.3. The van der Waals surface area contributed by atoms with Crippen molar-refractivity contribution >= 4 is 11.6 Å². The van der Waals surface area contributed by atoms with E-state index in [4.69, 9.17) is 4.74 Å². The van der Waals surface area contributed by atoms with E-state index in [1.807, 2.05) is 0 Å². The lowest BCUT2D eigenvalue weighted by molar-refractivity contribution is -0.0500. The Balaban J connectivity index is 1.68. The molecule has 11 heteroatoms. The fraction of sp³-hybridized carbons (Fsp3) is 0.273. The van der Waals surface area contributed by atoms with Crippen LogP contribution < -0.4 is 14.4 Å². The van der Waals surface area contributed by atoms with Crippen molar-refractivity contribution in [3.63, 3.8) is 0 Å². The number of fused-ring (bicyclic) bond motifs is 1. The van der Waals surface area contributed by atoms with Crippen molar-refractivity contribution in [2.24, 2.45) is 0 Å². The number of aromatic nitrogens is 3. The maximum absolute atomic E-state index is 13.2. The maximum Gasteiger partial charge on any atom is 0.387 e. The van der Waals surface area contributed by atoms with Crippen molar-refractivity contribution in [1.82, 2.24) is 15.0 Å². The number of anilines is 1. The topological polar surface area (TPSA) is 77.4 Å². The zero-order chi connectivity index (χ0) is 23.7. The summed E-state index contributed by atoms with van der Waals surface area (Å²) in [4.78, 5) is 27.1. The highest BCUT2D eigenvalue weighted by molar-refractivity contribution is 6.11. The Morgan fingerprint density at radius 3 is 2.67 bits per heavy atom. The second-order valence-electron chi connectivity index (χ2n) is 7.28. The lowest BCUT2D eigenvalue weighted by atomic mass is 10.0. The van der Waals surface area contributed by atoms with Crippen LogP contribution in [0.25, 0.3) is 11.3 Å². The number of rotatable bonds is 7. The van der Waals surface area contributed by atoms with Crippen molar-refractivity contribution < 1.29 is 31.8 Å². The first kappa shape index (κ1) is 22.4. The smallest absolute Gasteiger partial charge is 0.387 e. The third kappa shape index (κ3) is 4.57. The Morgan fingerprint density at radius 2 is 1.94 bits per heavy atom. The van der Waals surface area contributed by atoms with Gasteiger partial charge in [0.15, 0.2) is 6.61 Å². The van der Waals surface area contributed by atoms with Crippen LogP contribution in [0.3, 0.4) is 0 Å². The minimum Gasteiger partial charge on any atom is -0.472 e. The molecule has 1 amide bonds. The summed E-state index contributed by atoms with van der Waals surface area (Å²) in [7, 11) is 0. The van der Waals surface area contributed by atoms with Gasteiger partial charge in [0.1, 0.15) is 5.75 Å². The van der Waals surface area contributed by atoms with Gasteiger partial charge < -0.3 is 9.47 Å². The molecule has 0 bridgehead atoms. The molecule has 1 atom stereocenters. The molecule has 0 aliphatic carbocycles. The number of ether oxygens (including phenoxy) is 2. The Hall–Kier alpha value is -3.76. The van der Waals surface area contributed by atoms with Gasteiger partial charge in [-0.2, -0.15) is 8.78 Å². The largest absolute Gasteiger partial charge is 0.472 e. The van der Waals surface area contributed by atoms with E-state index in [0.29, 0.717) is 33.8 Å². The molecular weight excluding hydrogens is 444 g/mol. The van der Waals surface area contributed by atoms with E-state index >= 15 is 0 Å². The molecule has 0 aromatic carbocycles. The third-order valence-corrected chi connectivity index (χ3v) is 5.05. The Labute approximate surface area is 186 Å². The van der Waals surface area contributed by atoms with E-state index in [0.717, 1.165) is 0 Å². The molecule has 4 rings (SSSR count). The van der Waals surface area contributed by atoms with Gasteiger partial charge in [-0.1, -0.05) is 0 Å². The van der Waals surface area contributed by atoms with Crippen LogP contribution in [0.15, 0.2) is 42.9 Å². The molecule has 1 aliphatic rings. The molecule has 4 heterocycles. The van der Waals surface area contributed by atoms with Gasteiger partial charge in [0.2, 0.25) is 5.88 Å². The van der Waals surface area contributed by atoms with Crippen LogP contribution >= 0.6 is 0 Å². The monoisotopic (exact) mass is 462 g/mol. The number of amides is 1. The highest BCUT2D eigenvalue weighted by Gasteiger charge is 2.38. The molecule has 1 aliphatic heterocycles. The molecule has 0 radical (unpaired) electrons. The number of hydrogen-bond donors (Lipinski definition) is 0. The quantitative estimate of drug-likeness (QED) is 0.469. The molecule has 0 spiro atoms. The summed E-state index contributed by atoms with van der Waals surface area (Å²) in [6.45, 7) is -0.284. The van der Waals surface area contributed by atoms with Crippen LogP contribution in [0.4, 0.5) is 23.2 Å². The molecule has 0 saturated heterocycles. The van der Waals surface area contributed by atoms with E-state index < -0.39 is 25.7 Å². The van der Waals surface area contributed by atoms with E-state index in [-0.39, 0.29) is 17.5 Å². The number of halogens is 4. The van der Waals surface area contributed by atoms with Gasteiger partial charge in [-0.05, 0) is 37.6 Å². The standard InChI is InChI=1S/C22H18F4N4O3/c1-11-5-16(13-6-15(9-27-8-13)33-22(25)26)29-20-12(2)30(21(31)19(11)20)14-3-4-28-18(7-14)32-10-17(23)24/h3-9,12,17,22H,10H2,1-2H3. The van der Waals surface area contributed by atoms with Crippen LogP contribution in [0.5, 0.6) is 11.6 Å². The summed E-state index contributed by atoms with van der Waals surface area (Å²) in [5, 5.41) is 0. The molecule has 3 aromatic heterocycles. The van der Waals surface area contributed by atoms with Crippen LogP contribution in [-0.2, 0) is 0 Å². The molecule has 7 nitrogen and oxygen atoms in total. The summed E-state index contributed by atoms with van der Waals surface area (Å²) >= 11 is 0. The van der Waals surface area contributed by atoms with E-state index in [1.165, 1.54) is 35.6 Å². The van der Waals surface area contributed by atoms with Crippen LogP contribution in [0.1, 0.15) is 34.6 Å². The predicted octanol–water partition coefficient (Wildman–Crippen LogP) is 4.81. The van der Waals surface area contributed by atoms with Crippen LogP contribution in [-0.4, -0.2) is 40.5 Å². The summed E-state index contributed by atoms with van der Waals surface area (Å²) in [5.41, 5.74) is 2.84. The summed E-state index contributed by atoms with van der Waals surface area (Å²) in [6, 6.07) is 5.54. The zero-order valence-electron chi connectivity index (χ0n) is 17.5. The lowest BCUT2D eigenvalue weighted by Gasteiger charge is -2.22. The number of nitrogens with zero attached hydrogens (tertiary/aromatic N) is 4. The van der Waals surface area contributed by atoms with Gasteiger partial charge in [-0.3, -0.25) is 14.7 Å². The van der Waals surface area contributed by atoms with Gasteiger partial charge in [-0.25, -0.2) is 18.7 Å². The molecular formula is C22H18F4N4O3. The van der Waals surface area contributed by atoms with Gasteiger partial charge >= 0.3 is 6.61 Å². The maximum atomic E-state index is 13.2. The Morgan fingerprint density at radius 1 is 1.15 bits per heavy atom. The summed E-state index contributed by atoms with van der Waals surface area (Å²) in [5.74, 6) is -0.453. The number of alkyl halides is 4. The number of carbonyl (C=O) groups excluding carboxylic acids is 1. The molecule has 1 unspecified atom stereocenters. The van der Waals surface area contributed by atoms with E-state index in [2.05, 4.69) is 19.7 Å². The minimum atomic E-state index is -2.99. The van der Waals surface area contributed by atoms with Crippen molar-refractivity contribution in [2.75, 3.05) is 11.5 Å². The number of aryl methyl sites for hydroxylation is 1. The van der Waals surface area contributed by atoms with Crippen LogP contribution in [0.2, 0.25) is 0 Å². The molecule has 0 fully saturated rings. The number of carbonyl (C=O) groups is 1. The zero-order valence-corrected chi connectivity index (χ0v) is 17.5.